The Morgan fingerprint density at radius 1 is 1.00 bits per heavy atom. The molecule has 0 saturated heterocycles. The highest BCUT2D eigenvalue weighted by Crippen LogP contribution is 2.30. The summed E-state index contributed by atoms with van der Waals surface area (Å²) in [5.41, 5.74) is 2.17. The third-order valence-electron chi connectivity index (χ3n) is 5.42. The molecule has 3 rings (SSSR count). The number of rotatable bonds is 11. The topological polar surface area (TPSA) is 66.9 Å². The molecule has 1 amide bonds. The summed E-state index contributed by atoms with van der Waals surface area (Å²) in [5.74, 6) is -0.520. The summed E-state index contributed by atoms with van der Waals surface area (Å²) < 4.78 is 43.5. The fraction of sp³-hybridized carbons (Fsp3) is 0.320. The minimum absolute atomic E-state index is 0.126. The lowest BCUT2D eigenvalue weighted by atomic mass is 10.1. The van der Waals surface area contributed by atoms with E-state index in [2.05, 4.69) is 4.90 Å². The third-order valence-corrected chi connectivity index (χ3v) is 7.42. The van der Waals surface area contributed by atoms with Gasteiger partial charge in [-0.3, -0.25) is 4.79 Å². The maximum absolute atomic E-state index is 13.4. The number of carbonyl (C=O) groups is 1. The fourth-order valence-electron chi connectivity index (χ4n) is 3.50. The Kier molecular flexibility index (Phi) is 8.68. The number of carbonyl (C=O) groups excluding carboxylic acids is 1. The van der Waals surface area contributed by atoms with Crippen molar-refractivity contribution in [2.24, 2.45) is 0 Å². The van der Waals surface area contributed by atoms with Gasteiger partial charge in [0.1, 0.15) is 11.6 Å². The molecule has 9 heteroatoms. The van der Waals surface area contributed by atoms with Gasteiger partial charge in [-0.25, -0.2) is 4.39 Å². The monoisotopic (exact) mass is 504 g/mol. The second-order valence-electron chi connectivity index (χ2n) is 7.66. The van der Waals surface area contributed by atoms with Crippen molar-refractivity contribution < 1.29 is 21.8 Å². The molecule has 1 aromatic heterocycles. The van der Waals surface area contributed by atoms with E-state index in [0.717, 1.165) is 24.3 Å². The van der Waals surface area contributed by atoms with Crippen LogP contribution in [0.4, 0.5) is 10.1 Å². The Hall–Kier alpha value is -2.91. The highest BCUT2D eigenvalue weighted by Gasteiger charge is 2.22. The highest BCUT2D eigenvalue weighted by atomic mass is 32.2. The quantitative estimate of drug-likeness (QED) is 0.331. The van der Waals surface area contributed by atoms with Gasteiger partial charge in [-0.1, -0.05) is 24.3 Å². The Morgan fingerprint density at radius 2 is 1.71 bits per heavy atom. The number of anilines is 1. The molecule has 0 unspecified atom stereocenters. The maximum atomic E-state index is 13.4. The van der Waals surface area contributed by atoms with Crippen LogP contribution in [-0.2, 0) is 23.2 Å². The molecule has 2 aromatic carbocycles. The van der Waals surface area contributed by atoms with Gasteiger partial charge in [0.2, 0.25) is 0 Å². The summed E-state index contributed by atoms with van der Waals surface area (Å²) in [6.45, 7) is 7.42. The molecule has 3 aromatic rings. The first-order chi connectivity index (χ1) is 16.3. The van der Waals surface area contributed by atoms with E-state index < -0.39 is 10.1 Å². The van der Waals surface area contributed by atoms with Crippen LogP contribution in [0.25, 0.3) is 0 Å². The second-order valence-corrected chi connectivity index (χ2v) is 10.5. The number of nitrogens with zero attached hydrogens (tertiary/aromatic N) is 2. The van der Waals surface area contributed by atoms with Crippen molar-refractivity contribution in [2.45, 2.75) is 33.9 Å². The molecule has 182 valence electrons. The van der Waals surface area contributed by atoms with Gasteiger partial charge >= 0.3 is 10.1 Å². The van der Waals surface area contributed by atoms with Crippen LogP contribution in [0.3, 0.4) is 0 Å². The van der Waals surface area contributed by atoms with Crippen molar-refractivity contribution in [3.8, 4) is 5.75 Å². The summed E-state index contributed by atoms with van der Waals surface area (Å²) in [4.78, 5) is 17.6. The number of hydrogen-bond donors (Lipinski definition) is 0. The molecule has 0 bridgehead atoms. The number of benzene rings is 2. The van der Waals surface area contributed by atoms with Crippen molar-refractivity contribution >= 4 is 33.0 Å². The van der Waals surface area contributed by atoms with E-state index >= 15 is 0 Å². The van der Waals surface area contributed by atoms with E-state index in [1.165, 1.54) is 30.4 Å². The number of halogens is 1. The summed E-state index contributed by atoms with van der Waals surface area (Å²) in [5, 5.41) is 1.82. The highest BCUT2D eigenvalue weighted by molar-refractivity contribution is 7.87. The fourth-order valence-corrected chi connectivity index (χ4v) is 4.74. The molecule has 0 aliphatic heterocycles. The van der Waals surface area contributed by atoms with E-state index in [0.29, 0.717) is 10.4 Å². The second kappa shape index (κ2) is 11.5. The van der Waals surface area contributed by atoms with E-state index in [9.17, 15) is 17.6 Å². The number of amides is 1. The average molecular weight is 505 g/mol. The van der Waals surface area contributed by atoms with Crippen LogP contribution in [0, 0.1) is 5.82 Å². The standard InChI is InChI=1S/C25H29FN2O4S2/c1-4-27(5-2)22-14-11-20(23(16-22)32-34(30,31)6-3)18-28(25(29)24-8-7-15-33-24)17-19-9-12-21(26)13-10-19/h7-16H,4-6,17-18H2,1-3H3. The van der Waals surface area contributed by atoms with Gasteiger partial charge in [-0.15, -0.1) is 11.3 Å². The number of thiophene rings is 1. The zero-order chi connectivity index (χ0) is 24.7. The van der Waals surface area contributed by atoms with Crippen molar-refractivity contribution in [3.63, 3.8) is 0 Å². The molecule has 0 aliphatic rings. The molecule has 0 radical (unpaired) electrons. The van der Waals surface area contributed by atoms with Gasteiger partial charge in [0.15, 0.2) is 0 Å². The molecular weight excluding hydrogens is 475 g/mol. The lowest BCUT2D eigenvalue weighted by Gasteiger charge is -2.26. The summed E-state index contributed by atoms with van der Waals surface area (Å²) in [6.07, 6.45) is 0. The maximum Gasteiger partial charge on any atom is 0.308 e. The lowest BCUT2D eigenvalue weighted by Crippen LogP contribution is -2.30. The average Bonchev–Trinajstić information content (AvgIpc) is 3.36. The van der Waals surface area contributed by atoms with E-state index in [1.54, 1.807) is 41.3 Å². The van der Waals surface area contributed by atoms with Crippen LogP contribution < -0.4 is 9.08 Å². The predicted octanol–water partition coefficient (Wildman–Crippen LogP) is 5.30. The van der Waals surface area contributed by atoms with E-state index in [1.807, 2.05) is 25.3 Å². The first-order valence-electron chi connectivity index (χ1n) is 11.1. The Balaban J connectivity index is 2.00. The van der Waals surface area contributed by atoms with Gasteiger partial charge < -0.3 is 14.0 Å². The Labute approximate surface area is 204 Å². The van der Waals surface area contributed by atoms with Gasteiger partial charge in [0, 0.05) is 37.0 Å². The van der Waals surface area contributed by atoms with Crippen molar-refractivity contribution in [3.05, 3.63) is 81.8 Å². The lowest BCUT2D eigenvalue weighted by molar-refractivity contribution is 0.0734. The summed E-state index contributed by atoms with van der Waals surface area (Å²) >= 11 is 1.33. The first-order valence-corrected chi connectivity index (χ1v) is 13.6. The Bertz CT molecular complexity index is 1190. The molecule has 0 spiro atoms. The minimum Gasteiger partial charge on any atom is -0.382 e. The predicted molar refractivity (Wildman–Crippen MR) is 134 cm³/mol. The molecule has 0 fully saturated rings. The van der Waals surface area contributed by atoms with Gasteiger partial charge in [0.25, 0.3) is 5.91 Å². The normalized spacial score (nSPS) is 11.3. The van der Waals surface area contributed by atoms with Crippen molar-refractivity contribution in [1.29, 1.82) is 0 Å². The molecular formula is C25H29FN2O4S2. The summed E-state index contributed by atoms with van der Waals surface area (Å²) in [7, 11) is -3.78. The van der Waals surface area contributed by atoms with E-state index in [4.69, 9.17) is 4.18 Å². The van der Waals surface area contributed by atoms with Crippen LogP contribution in [0.1, 0.15) is 41.6 Å². The molecule has 0 saturated carbocycles. The van der Waals surface area contributed by atoms with Crippen molar-refractivity contribution in [2.75, 3.05) is 23.7 Å². The SMILES string of the molecule is CCN(CC)c1ccc(CN(Cc2ccc(F)cc2)C(=O)c2cccs2)c(OS(=O)(=O)CC)c1. The van der Waals surface area contributed by atoms with Crippen LogP contribution in [0.2, 0.25) is 0 Å². The van der Waals surface area contributed by atoms with Crippen LogP contribution >= 0.6 is 11.3 Å². The molecule has 34 heavy (non-hydrogen) atoms. The van der Waals surface area contributed by atoms with Crippen LogP contribution in [0.5, 0.6) is 5.75 Å². The van der Waals surface area contributed by atoms with Crippen molar-refractivity contribution in [1.82, 2.24) is 4.90 Å². The zero-order valence-corrected chi connectivity index (χ0v) is 21.2. The Morgan fingerprint density at radius 3 is 2.29 bits per heavy atom. The minimum atomic E-state index is -3.78. The molecule has 1 heterocycles. The van der Waals surface area contributed by atoms with Gasteiger partial charge in [-0.2, -0.15) is 8.42 Å². The molecule has 0 atom stereocenters. The smallest absolute Gasteiger partial charge is 0.308 e. The molecule has 6 nitrogen and oxygen atoms in total. The summed E-state index contributed by atoms with van der Waals surface area (Å²) in [6, 6.07) is 14.9. The zero-order valence-electron chi connectivity index (χ0n) is 19.5. The van der Waals surface area contributed by atoms with Gasteiger partial charge in [0.05, 0.1) is 17.2 Å². The molecule has 0 aliphatic carbocycles. The third kappa shape index (κ3) is 6.57. The number of hydrogen-bond acceptors (Lipinski definition) is 6. The van der Waals surface area contributed by atoms with Crippen LogP contribution in [-0.4, -0.2) is 38.1 Å². The van der Waals surface area contributed by atoms with Crippen LogP contribution in [0.15, 0.2) is 60.0 Å². The largest absolute Gasteiger partial charge is 0.382 e. The molecule has 0 N–H and O–H groups in total. The van der Waals surface area contributed by atoms with Gasteiger partial charge in [-0.05, 0) is 56.0 Å². The first kappa shape index (κ1) is 25.7. The van der Waals surface area contributed by atoms with E-state index in [-0.39, 0.29) is 36.3 Å².